The van der Waals surface area contributed by atoms with E-state index in [2.05, 4.69) is 15.0 Å². The molecule has 0 spiro atoms. The summed E-state index contributed by atoms with van der Waals surface area (Å²) >= 11 is 11.9. The van der Waals surface area contributed by atoms with Crippen LogP contribution in [0, 0.1) is 0 Å². The van der Waals surface area contributed by atoms with Crippen LogP contribution in [-0.4, -0.2) is 15.0 Å². The summed E-state index contributed by atoms with van der Waals surface area (Å²) in [7, 11) is 0. The molecular weight excluding hydrogens is 413 g/mol. The molecule has 4 aromatic carbocycles. The van der Waals surface area contributed by atoms with Crippen molar-refractivity contribution in [1.82, 2.24) is 15.0 Å². The molecule has 0 atom stereocenters. The van der Waals surface area contributed by atoms with Gasteiger partial charge in [0.15, 0.2) is 5.82 Å². The van der Waals surface area contributed by atoms with E-state index in [1.165, 1.54) is 0 Å². The maximum Gasteiger partial charge on any atom is 0.227 e. The van der Waals surface area contributed by atoms with Crippen LogP contribution in [0.4, 0.5) is 0 Å². The Labute approximate surface area is 191 Å². The Hall–Kier alpha value is -3.27. The SMILES string of the molecule is [2H]c1c([2H])c([2H])c(-c2ccc(-c3cccc(-c4nc(Cl)nc(Cl)n4)c3)c3ccccc23)c([2H])c1[2H]. The molecule has 0 aliphatic heterocycles. The van der Waals surface area contributed by atoms with E-state index in [4.69, 9.17) is 30.1 Å². The molecule has 144 valence electrons. The van der Waals surface area contributed by atoms with Crippen LogP contribution >= 0.6 is 23.2 Å². The second-order valence-electron chi connectivity index (χ2n) is 6.48. The van der Waals surface area contributed by atoms with Gasteiger partial charge in [-0.15, -0.1) is 0 Å². The quantitative estimate of drug-likeness (QED) is 0.299. The van der Waals surface area contributed by atoms with Crippen molar-refractivity contribution in [1.29, 1.82) is 0 Å². The van der Waals surface area contributed by atoms with Gasteiger partial charge in [0.25, 0.3) is 0 Å². The number of aromatic nitrogens is 3. The number of benzene rings is 4. The monoisotopic (exact) mass is 432 g/mol. The van der Waals surface area contributed by atoms with Gasteiger partial charge in [-0.1, -0.05) is 84.8 Å². The molecule has 5 aromatic rings. The summed E-state index contributed by atoms with van der Waals surface area (Å²) in [4.78, 5) is 12.1. The molecule has 0 amide bonds. The second kappa shape index (κ2) is 7.86. The summed E-state index contributed by atoms with van der Waals surface area (Å²) < 4.78 is 40.8. The maximum atomic E-state index is 8.41. The van der Waals surface area contributed by atoms with Crippen LogP contribution in [0.5, 0.6) is 0 Å². The van der Waals surface area contributed by atoms with Gasteiger partial charge in [0.05, 0.1) is 6.85 Å². The zero-order valence-electron chi connectivity index (χ0n) is 20.4. The van der Waals surface area contributed by atoms with Crippen LogP contribution in [-0.2, 0) is 0 Å². The lowest BCUT2D eigenvalue weighted by Crippen LogP contribution is -1.94. The van der Waals surface area contributed by atoms with Crippen LogP contribution in [0.2, 0.25) is 10.6 Å². The molecule has 0 N–H and O–H groups in total. The second-order valence-corrected chi connectivity index (χ2v) is 7.16. The van der Waals surface area contributed by atoms with Crippen LogP contribution in [0.15, 0.2) is 90.9 Å². The van der Waals surface area contributed by atoms with Crippen molar-refractivity contribution in [2.24, 2.45) is 0 Å². The molecule has 1 aromatic heterocycles. The largest absolute Gasteiger partial charge is 0.227 e. The van der Waals surface area contributed by atoms with Gasteiger partial charge in [0.2, 0.25) is 10.6 Å². The molecule has 0 aliphatic carbocycles. The molecule has 0 radical (unpaired) electrons. The molecule has 0 saturated carbocycles. The maximum absolute atomic E-state index is 8.41. The third-order valence-electron chi connectivity index (χ3n) is 4.71. The Morgan fingerprint density at radius 2 is 1.20 bits per heavy atom. The van der Waals surface area contributed by atoms with Gasteiger partial charge in [0.1, 0.15) is 0 Å². The van der Waals surface area contributed by atoms with E-state index in [0.29, 0.717) is 17.0 Å². The lowest BCUT2D eigenvalue weighted by atomic mass is 9.91. The Morgan fingerprint density at radius 3 is 1.87 bits per heavy atom. The first-order chi connectivity index (χ1) is 16.8. The van der Waals surface area contributed by atoms with Crippen LogP contribution in [0.1, 0.15) is 6.85 Å². The van der Waals surface area contributed by atoms with E-state index in [-0.39, 0.29) is 40.3 Å². The van der Waals surface area contributed by atoms with E-state index < -0.39 is 6.04 Å². The lowest BCUT2D eigenvalue weighted by Gasteiger charge is -2.13. The Kier molecular flexibility index (Phi) is 3.63. The predicted molar refractivity (Wildman–Crippen MR) is 124 cm³/mol. The van der Waals surface area contributed by atoms with Crippen molar-refractivity contribution in [2.45, 2.75) is 0 Å². The Bertz CT molecular complexity index is 1590. The van der Waals surface area contributed by atoms with Gasteiger partial charge < -0.3 is 0 Å². The fraction of sp³-hybridized carbons (Fsp3) is 0. The number of halogens is 2. The van der Waals surface area contributed by atoms with E-state index in [0.717, 1.165) is 21.9 Å². The van der Waals surface area contributed by atoms with Gasteiger partial charge in [0, 0.05) is 5.56 Å². The van der Waals surface area contributed by atoms with Crippen molar-refractivity contribution >= 4 is 34.0 Å². The summed E-state index contributed by atoms with van der Waals surface area (Å²) in [5.74, 6) is 0.344. The van der Waals surface area contributed by atoms with Gasteiger partial charge in [-0.05, 0) is 62.3 Å². The van der Waals surface area contributed by atoms with Crippen LogP contribution in [0.3, 0.4) is 0 Å². The summed E-state index contributed by atoms with van der Waals surface area (Å²) in [6.07, 6.45) is 0. The number of hydrogen-bond donors (Lipinski definition) is 0. The molecular formula is C25H15Cl2N3. The van der Waals surface area contributed by atoms with Crippen molar-refractivity contribution < 1.29 is 6.85 Å². The third-order valence-corrected chi connectivity index (χ3v) is 5.04. The molecule has 0 saturated heterocycles. The molecule has 0 fully saturated rings. The lowest BCUT2D eigenvalue weighted by molar-refractivity contribution is 1.06. The molecule has 1 heterocycles. The zero-order chi connectivity index (χ0) is 24.9. The first-order valence-electron chi connectivity index (χ1n) is 11.5. The molecule has 0 aliphatic rings. The fourth-order valence-electron chi connectivity index (χ4n) is 3.43. The van der Waals surface area contributed by atoms with Crippen LogP contribution < -0.4 is 0 Å². The molecule has 5 rings (SSSR count). The highest BCUT2D eigenvalue weighted by Gasteiger charge is 2.11. The number of rotatable bonds is 3. The van der Waals surface area contributed by atoms with E-state index in [1.54, 1.807) is 6.07 Å². The van der Waals surface area contributed by atoms with Gasteiger partial charge in [-0.2, -0.15) is 15.0 Å². The molecule has 30 heavy (non-hydrogen) atoms. The highest BCUT2D eigenvalue weighted by atomic mass is 35.5. The number of hydrogen-bond acceptors (Lipinski definition) is 3. The van der Waals surface area contributed by atoms with Crippen molar-refractivity contribution in [3.8, 4) is 33.6 Å². The number of nitrogens with zero attached hydrogens (tertiary/aromatic N) is 3. The topological polar surface area (TPSA) is 38.7 Å². The van der Waals surface area contributed by atoms with Crippen molar-refractivity contribution in [2.75, 3.05) is 0 Å². The van der Waals surface area contributed by atoms with E-state index in [1.807, 2.05) is 54.6 Å². The molecule has 0 unspecified atom stereocenters. The minimum atomic E-state index is -0.417. The van der Waals surface area contributed by atoms with Gasteiger partial charge in [-0.3, -0.25) is 0 Å². The van der Waals surface area contributed by atoms with E-state index in [9.17, 15) is 0 Å². The first-order valence-corrected chi connectivity index (χ1v) is 9.78. The summed E-state index contributed by atoms with van der Waals surface area (Å²) in [6.45, 7) is 0. The highest BCUT2D eigenvalue weighted by Crippen LogP contribution is 2.36. The highest BCUT2D eigenvalue weighted by molar-refractivity contribution is 6.31. The van der Waals surface area contributed by atoms with Crippen LogP contribution in [0.25, 0.3) is 44.4 Å². The van der Waals surface area contributed by atoms with Crippen molar-refractivity contribution in [3.63, 3.8) is 0 Å². The molecule has 3 nitrogen and oxygen atoms in total. The summed E-state index contributed by atoms with van der Waals surface area (Å²) in [6, 6.07) is 17.2. The summed E-state index contributed by atoms with van der Waals surface area (Å²) in [5.41, 5.74) is 3.20. The van der Waals surface area contributed by atoms with Gasteiger partial charge >= 0.3 is 0 Å². The predicted octanol–water partition coefficient (Wildman–Crippen LogP) is 7.33. The Morgan fingerprint density at radius 1 is 0.600 bits per heavy atom. The number of fused-ring (bicyclic) bond motifs is 1. The normalized spacial score (nSPS) is 13.3. The van der Waals surface area contributed by atoms with Crippen molar-refractivity contribution in [3.05, 3.63) is 101 Å². The standard InChI is InChI=1S/C25H15Cl2N3/c26-24-28-23(29-25(27)30-24)18-10-6-9-17(15-18)20-14-13-19(16-7-2-1-3-8-16)21-11-4-5-12-22(20)21/h1-15H/i1D,2D,3D,7D,8D. The molecule has 5 heteroatoms. The molecule has 0 bridgehead atoms. The summed E-state index contributed by atoms with van der Waals surface area (Å²) in [5, 5.41) is 1.62. The van der Waals surface area contributed by atoms with E-state index >= 15 is 0 Å². The average molecular weight is 433 g/mol. The first kappa shape index (κ1) is 13.9. The third kappa shape index (κ3) is 3.54. The van der Waals surface area contributed by atoms with Gasteiger partial charge in [-0.25, -0.2) is 0 Å². The Balaban J connectivity index is 1.73. The smallest absolute Gasteiger partial charge is 0.198 e. The zero-order valence-corrected chi connectivity index (χ0v) is 16.9. The minimum Gasteiger partial charge on any atom is -0.198 e. The minimum absolute atomic E-state index is 0.00109. The fourth-order valence-corrected chi connectivity index (χ4v) is 3.80. The average Bonchev–Trinajstić information content (AvgIpc) is 2.86.